The van der Waals surface area contributed by atoms with Crippen LogP contribution in [0, 0.1) is 12.3 Å². The molecule has 30 heavy (non-hydrogen) atoms. The first-order valence-electron chi connectivity index (χ1n) is 8.09. The minimum atomic E-state index is -2.66. The number of hydrogen-bond acceptors (Lipinski definition) is 10. The number of terminal acetylenes is 1. The van der Waals surface area contributed by atoms with E-state index in [0.717, 1.165) is 24.9 Å². The molecule has 2 aromatic rings. The molecule has 0 unspecified atom stereocenters. The maximum atomic E-state index is 11.3. The van der Waals surface area contributed by atoms with Gasteiger partial charge in [0.2, 0.25) is 5.28 Å². The molecule has 0 spiro atoms. The molecule has 2 rings (SSSR count). The van der Waals surface area contributed by atoms with E-state index in [0.29, 0.717) is 0 Å². The molecule has 2 aromatic heterocycles. The number of aliphatic carboxylic acids is 2. The molecule has 14 heteroatoms. The zero-order valence-corrected chi connectivity index (χ0v) is 16.4. The Balaban J connectivity index is 2.42. The summed E-state index contributed by atoms with van der Waals surface area (Å²) >= 11 is 5.77. The fraction of sp³-hybridized carbons (Fsp3) is 0.438. The SMILES string of the molecule is C#C[C@@](O)([C@@H](COC(C)(C(=O)O)C(=O)O)OC)[C@@H](O)n1cnc2c(N)nc(Cl)nc21. The van der Waals surface area contributed by atoms with Gasteiger partial charge in [0.15, 0.2) is 23.3 Å². The molecule has 0 aromatic carbocycles. The van der Waals surface area contributed by atoms with E-state index in [4.69, 9.17) is 43.4 Å². The Labute approximate surface area is 174 Å². The number of hydrogen-bond donors (Lipinski definition) is 5. The number of aliphatic hydroxyl groups excluding tert-OH is 1. The predicted octanol–water partition coefficient (Wildman–Crippen LogP) is -1.12. The van der Waals surface area contributed by atoms with Gasteiger partial charge in [-0.3, -0.25) is 4.57 Å². The molecule has 0 saturated heterocycles. The van der Waals surface area contributed by atoms with Crippen molar-refractivity contribution in [3.63, 3.8) is 0 Å². The summed E-state index contributed by atoms with van der Waals surface area (Å²) in [6.45, 7) is -0.0192. The van der Waals surface area contributed by atoms with Crippen LogP contribution in [0.2, 0.25) is 5.28 Å². The molecular weight excluding hydrogens is 426 g/mol. The van der Waals surface area contributed by atoms with E-state index in [9.17, 15) is 19.8 Å². The number of aliphatic hydroxyl groups is 2. The first-order chi connectivity index (χ1) is 13.9. The van der Waals surface area contributed by atoms with Gasteiger partial charge in [-0.05, 0) is 18.5 Å². The third-order valence-corrected chi connectivity index (χ3v) is 4.59. The van der Waals surface area contributed by atoms with Crippen LogP contribution in [0.15, 0.2) is 6.33 Å². The summed E-state index contributed by atoms with van der Waals surface area (Å²) in [5, 5.41) is 39.7. The molecule has 0 radical (unpaired) electrons. The third-order valence-electron chi connectivity index (χ3n) is 4.42. The van der Waals surface area contributed by atoms with Gasteiger partial charge in [0, 0.05) is 7.11 Å². The van der Waals surface area contributed by atoms with Crippen LogP contribution in [0.3, 0.4) is 0 Å². The van der Waals surface area contributed by atoms with Crippen LogP contribution in [0.5, 0.6) is 0 Å². The maximum Gasteiger partial charge on any atom is 0.347 e. The number of anilines is 1. The van der Waals surface area contributed by atoms with Crippen molar-refractivity contribution in [1.82, 2.24) is 19.5 Å². The normalized spacial score (nSPS) is 15.9. The van der Waals surface area contributed by atoms with Gasteiger partial charge in [-0.15, -0.1) is 6.42 Å². The Hall–Kier alpha value is -3.02. The number of halogens is 1. The number of carboxylic acid groups (broad SMARTS) is 2. The topological polar surface area (TPSA) is 203 Å². The van der Waals surface area contributed by atoms with Crippen LogP contribution < -0.4 is 5.73 Å². The number of fused-ring (bicyclic) bond motifs is 1. The number of imidazole rings is 1. The molecule has 0 aliphatic carbocycles. The highest BCUT2D eigenvalue weighted by Crippen LogP contribution is 2.30. The van der Waals surface area contributed by atoms with Gasteiger partial charge in [0.05, 0.1) is 12.9 Å². The van der Waals surface area contributed by atoms with E-state index in [2.05, 4.69) is 15.0 Å². The van der Waals surface area contributed by atoms with Crippen molar-refractivity contribution in [1.29, 1.82) is 0 Å². The number of carbonyl (C=O) groups is 2. The molecule has 0 bridgehead atoms. The third kappa shape index (κ3) is 3.86. The largest absolute Gasteiger partial charge is 0.479 e. The van der Waals surface area contributed by atoms with E-state index in [-0.39, 0.29) is 22.3 Å². The van der Waals surface area contributed by atoms with Gasteiger partial charge in [0.25, 0.3) is 5.60 Å². The van der Waals surface area contributed by atoms with Gasteiger partial charge in [0.1, 0.15) is 11.6 Å². The lowest BCUT2D eigenvalue weighted by Crippen LogP contribution is -2.54. The quantitative estimate of drug-likeness (QED) is 0.177. The average Bonchev–Trinajstić information content (AvgIpc) is 3.10. The number of aromatic nitrogens is 4. The van der Waals surface area contributed by atoms with Gasteiger partial charge < -0.3 is 35.6 Å². The Morgan fingerprint density at radius 3 is 2.50 bits per heavy atom. The number of methoxy groups -OCH3 is 1. The molecule has 0 aliphatic rings. The minimum absolute atomic E-state index is 0.0624. The van der Waals surface area contributed by atoms with Crippen molar-refractivity contribution in [3.05, 3.63) is 11.6 Å². The lowest BCUT2D eigenvalue weighted by Gasteiger charge is -2.36. The van der Waals surface area contributed by atoms with Crippen molar-refractivity contribution in [2.24, 2.45) is 0 Å². The second-order valence-electron chi connectivity index (χ2n) is 6.22. The summed E-state index contributed by atoms with van der Waals surface area (Å²) in [6, 6.07) is 0. The second-order valence-corrected chi connectivity index (χ2v) is 6.56. The number of nitrogens with two attached hydrogens (primary N) is 1. The van der Waals surface area contributed by atoms with Crippen molar-refractivity contribution in [2.75, 3.05) is 19.5 Å². The molecule has 0 amide bonds. The predicted molar refractivity (Wildman–Crippen MR) is 100 cm³/mol. The van der Waals surface area contributed by atoms with Gasteiger partial charge in [-0.25, -0.2) is 14.6 Å². The number of nitrogen functional groups attached to an aromatic ring is 1. The number of ether oxygens (including phenoxy) is 2. The first kappa shape index (κ1) is 23.3. The minimum Gasteiger partial charge on any atom is -0.479 e. The van der Waals surface area contributed by atoms with E-state index in [1.807, 2.05) is 5.92 Å². The van der Waals surface area contributed by atoms with Gasteiger partial charge >= 0.3 is 11.9 Å². The number of rotatable bonds is 9. The van der Waals surface area contributed by atoms with Crippen molar-refractivity contribution in [2.45, 2.75) is 30.5 Å². The van der Waals surface area contributed by atoms with E-state index < -0.39 is 42.1 Å². The molecule has 0 fully saturated rings. The molecule has 6 N–H and O–H groups in total. The molecule has 2 heterocycles. The van der Waals surface area contributed by atoms with E-state index in [1.165, 1.54) is 0 Å². The molecule has 162 valence electrons. The standard InChI is InChI=1S/C16H18ClN5O8/c1-4-16(28,7(29-3)5-30-15(2,12(24)25)13(26)27)11(23)22-6-19-8-9(18)20-14(17)21-10(8)22/h1,6-7,11,23,28H,5H2,2-3H3,(H,24,25)(H,26,27)(H2,18,20,21)/t7-,11-,16-/m1/s1. The lowest BCUT2D eigenvalue weighted by atomic mass is 9.95. The highest BCUT2D eigenvalue weighted by Gasteiger charge is 2.49. The summed E-state index contributed by atoms with van der Waals surface area (Å²) in [5.74, 6) is -1.73. The Kier molecular flexibility index (Phi) is 6.50. The molecule has 13 nitrogen and oxygen atoms in total. The van der Waals surface area contributed by atoms with E-state index in [1.54, 1.807) is 0 Å². The molecule has 3 atom stereocenters. The van der Waals surface area contributed by atoms with Crippen LogP contribution in [-0.4, -0.2) is 82.9 Å². The maximum absolute atomic E-state index is 11.3. The van der Waals surface area contributed by atoms with Crippen molar-refractivity contribution >= 4 is 40.5 Å². The van der Waals surface area contributed by atoms with Crippen molar-refractivity contribution in [3.8, 4) is 12.3 Å². The van der Waals surface area contributed by atoms with Gasteiger partial charge in [-0.2, -0.15) is 9.97 Å². The summed E-state index contributed by atoms with van der Waals surface area (Å²) in [4.78, 5) is 34.1. The zero-order valence-electron chi connectivity index (χ0n) is 15.7. The zero-order chi connectivity index (χ0) is 22.9. The summed E-state index contributed by atoms with van der Waals surface area (Å²) in [6.07, 6.45) is 2.92. The van der Waals surface area contributed by atoms with Crippen molar-refractivity contribution < 1.29 is 39.5 Å². The van der Waals surface area contributed by atoms with Crippen LogP contribution in [-0.2, 0) is 19.1 Å². The second kappa shape index (κ2) is 8.38. The number of carboxylic acids is 2. The Morgan fingerprint density at radius 1 is 1.40 bits per heavy atom. The Bertz CT molecular complexity index is 1010. The molecule has 0 aliphatic heterocycles. The fourth-order valence-corrected chi connectivity index (χ4v) is 2.64. The van der Waals surface area contributed by atoms with Crippen LogP contribution in [0.4, 0.5) is 5.82 Å². The smallest absolute Gasteiger partial charge is 0.347 e. The van der Waals surface area contributed by atoms with Crippen LogP contribution in [0.25, 0.3) is 11.2 Å². The molecular formula is C16H18ClN5O8. The summed E-state index contributed by atoms with van der Waals surface area (Å²) in [7, 11) is 1.09. The summed E-state index contributed by atoms with van der Waals surface area (Å²) in [5.41, 5.74) is 0.489. The van der Waals surface area contributed by atoms with Crippen LogP contribution >= 0.6 is 11.6 Å². The highest BCUT2D eigenvalue weighted by atomic mass is 35.5. The van der Waals surface area contributed by atoms with Crippen LogP contribution in [0.1, 0.15) is 13.2 Å². The monoisotopic (exact) mass is 443 g/mol. The number of nitrogens with zero attached hydrogens (tertiary/aromatic N) is 4. The van der Waals surface area contributed by atoms with Gasteiger partial charge in [-0.1, -0.05) is 5.92 Å². The Morgan fingerprint density at radius 2 is 2.00 bits per heavy atom. The molecule has 0 saturated carbocycles. The highest BCUT2D eigenvalue weighted by molar-refractivity contribution is 6.28. The lowest BCUT2D eigenvalue weighted by molar-refractivity contribution is -0.199. The fourth-order valence-electron chi connectivity index (χ4n) is 2.47. The first-order valence-corrected chi connectivity index (χ1v) is 8.47. The van der Waals surface area contributed by atoms with E-state index >= 15 is 0 Å². The average molecular weight is 444 g/mol. The summed E-state index contributed by atoms with van der Waals surface area (Å²) < 4.78 is 11.0.